The van der Waals surface area contributed by atoms with Gasteiger partial charge in [-0.25, -0.2) is 0 Å². The first kappa shape index (κ1) is 12.9. The summed E-state index contributed by atoms with van der Waals surface area (Å²) in [5.74, 6) is 0. The van der Waals surface area contributed by atoms with Crippen molar-refractivity contribution >= 4 is 0 Å². The number of hydrogen-bond acceptors (Lipinski definition) is 2. The van der Waals surface area contributed by atoms with Crippen molar-refractivity contribution in [2.24, 2.45) is 5.41 Å². The van der Waals surface area contributed by atoms with Crippen molar-refractivity contribution in [2.75, 3.05) is 13.1 Å². The summed E-state index contributed by atoms with van der Waals surface area (Å²) in [6.45, 7) is 12.3. The third kappa shape index (κ3) is 8.26. The molecule has 0 bridgehead atoms. The van der Waals surface area contributed by atoms with Crippen molar-refractivity contribution in [3.8, 4) is 0 Å². The Balaban J connectivity index is 3.47. The smallest absolute Gasteiger partial charge is 0.0603 e. The van der Waals surface area contributed by atoms with E-state index in [1.165, 1.54) is 6.42 Å². The summed E-state index contributed by atoms with van der Waals surface area (Å²) in [4.78, 5) is 0. The van der Waals surface area contributed by atoms with Gasteiger partial charge in [0, 0.05) is 6.54 Å². The number of aliphatic hydroxyl groups is 1. The van der Waals surface area contributed by atoms with Crippen LogP contribution in [0.25, 0.3) is 0 Å². The molecule has 0 spiro atoms. The Bertz CT molecular complexity index is 136. The zero-order valence-corrected chi connectivity index (χ0v) is 9.78. The van der Waals surface area contributed by atoms with Gasteiger partial charge < -0.3 is 10.4 Å². The fourth-order valence-corrected chi connectivity index (χ4v) is 0.946. The topological polar surface area (TPSA) is 32.3 Å². The second-order valence-corrected chi connectivity index (χ2v) is 5.26. The van der Waals surface area contributed by atoms with Gasteiger partial charge in [-0.05, 0) is 38.6 Å². The third-order valence-electron chi connectivity index (χ3n) is 2.47. The van der Waals surface area contributed by atoms with Crippen molar-refractivity contribution in [3.63, 3.8) is 0 Å². The molecule has 80 valence electrons. The molecule has 0 saturated heterocycles. The summed E-state index contributed by atoms with van der Waals surface area (Å²) < 4.78 is 0. The lowest BCUT2D eigenvalue weighted by Crippen LogP contribution is -2.33. The lowest BCUT2D eigenvalue weighted by Gasteiger charge is -2.24. The quantitative estimate of drug-likeness (QED) is 0.625. The molecule has 0 saturated carbocycles. The lowest BCUT2D eigenvalue weighted by atomic mass is 9.90. The van der Waals surface area contributed by atoms with Crippen molar-refractivity contribution < 1.29 is 5.11 Å². The predicted molar refractivity (Wildman–Crippen MR) is 57.9 cm³/mol. The second-order valence-electron chi connectivity index (χ2n) is 5.26. The number of nitrogens with one attached hydrogen (secondary N) is 1. The average Bonchev–Trinajstić information content (AvgIpc) is 1.97. The molecule has 13 heavy (non-hydrogen) atoms. The van der Waals surface area contributed by atoms with Gasteiger partial charge in [0.2, 0.25) is 0 Å². The Kier molecular flexibility index (Phi) is 4.93. The van der Waals surface area contributed by atoms with E-state index in [0.717, 1.165) is 19.5 Å². The molecule has 2 nitrogen and oxygen atoms in total. The van der Waals surface area contributed by atoms with Crippen molar-refractivity contribution in [3.05, 3.63) is 0 Å². The standard InChI is InChI=1S/C11H25NO/c1-6-10(2,3)9-12-8-7-11(4,5)13/h12-13H,6-9H2,1-5H3. The summed E-state index contributed by atoms with van der Waals surface area (Å²) in [6, 6.07) is 0. The van der Waals surface area contributed by atoms with Crippen LogP contribution in [0, 0.1) is 5.41 Å². The van der Waals surface area contributed by atoms with Gasteiger partial charge in [0.25, 0.3) is 0 Å². The molecule has 0 heterocycles. The van der Waals surface area contributed by atoms with Crippen LogP contribution in [0.2, 0.25) is 0 Å². The van der Waals surface area contributed by atoms with Crippen LogP contribution in [0.3, 0.4) is 0 Å². The minimum atomic E-state index is -0.538. The highest BCUT2D eigenvalue weighted by molar-refractivity contribution is 4.71. The maximum Gasteiger partial charge on any atom is 0.0603 e. The van der Waals surface area contributed by atoms with Crippen molar-refractivity contribution in [2.45, 2.75) is 53.1 Å². The van der Waals surface area contributed by atoms with E-state index in [-0.39, 0.29) is 0 Å². The van der Waals surface area contributed by atoms with E-state index in [0.29, 0.717) is 5.41 Å². The van der Waals surface area contributed by atoms with E-state index < -0.39 is 5.60 Å². The Morgan fingerprint density at radius 3 is 2.08 bits per heavy atom. The maximum atomic E-state index is 9.46. The van der Waals surface area contributed by atoms with Crippen LogP contribution in [0.15, 0.2) is 0 Å². The second kappa shape index (κ2) is 4.97. The van der Waals surface area contributed by atoms with E-state index in [9.17, 15) is 5.11 Å². The zero-order chi connectivity index (χ0) is 10.5. The molecule has 0 atom stereocenters. The number of rotatable bonds is 6. The van der Waals surface area contributed by atoms with Crippen LogP contribution < -0.4 is 5.32 Å². The van der Waals surface area contributed by atoms with E-state index in [1.54, 1.807) is 0 Å². The molecule has 0 fully saturated rings. The van der Waals surface area contributed by atoms with E-state index in [4.69, 9.17) is 0 Å². The molecule has 0 aliphatic rings. The summed E-state index contributed by atoms with van der Waals surface area (Å²) >= 11 is 0. The molecule has 0 amide bonds. The maximum absolute atomic E-state index is 9.46. The SMILES string of the molecule is CCC(C)(C)CNCCC(C)(C)O. The monoisotopic (exact) mass is 187 g/mol. The van der Waals surface area contributed by atoms with Crippen molar-refractivity contribution in [1.82, 2.24) is 5.32 Å². The molecule has 0 aliphatic heterocycles. The van der Waals surface area contributed by atoms with Gasteiger partial charge in [-0.2, -0.15) is 0 Å². The molecule has 0 radical (unpaired) electrons. The van der Waals surface area contributed by atoms with Gasteiger partial charge >= 0.3 is 0 Å². The molecule has 2 heteroatoms. The molecule has 0 aromatic carbocycles. The molecule has 0 aromatic rings. The highest BCUT2D eigenvalue weighted by atomic mass is 16.3. The van der Waals surface area contributed by atoms with Gasteiger partial charge in [0.1, 0.15) is 0 Å². The minimum absolute atomic E-state index is 0.375. The van der Waals surface area contributed by atoms with E-state index in [2.05, 4.69) is 26.1 Å². The van der Waals surface area contributed by atoms with Crippen LogP contribution >= 0.6 is 0 Å². The first-order valence-electron chi connectivity index (χ1n) is 5.20. The fourth-order valence-electron chi connectivity index (χ4n) is 0.946. The molecule has 0 aromatic heterocycles. The van der Waals surface area contributed by atoms with Gasteiger partial charge in [-0.15, -0.1) is 0 Å². The van der Waals surface area contributed by atoms with Gasteiger partial charge in [0.05, 0.1) is 5.60 Å². The highest BCUT2D eigenvalue weighted by Crippen LogP contribution is 2.17. The van der Waals surface area contributed by atoms with Gasteiger partial charge in [-0.1, -0.05) is 20.8 Å². The molecular formula is C11H25NO. The first-order valence-corrected chi connectivity index (χ1v) is 5.20. The van der Waals surface area contributed by atoms with Crippen LogP contribution in [0.4, 0.5) is 0 Å². The Labute approximate surface area is 82.7 Å². The zero-order valence-electron chi connectivity index (χ0n) is 9.78. The Morgan fingerprint density at radius 1 is 1.15 bits per heavy atom. The van der Waals surface area contributed by atoms with Crippen LogP contribution in [0.5, 0.6) is 0 Å². The van der Waals surface area contributed by atoms with Gasteiger partial charge in [-0.3, -0.25) is 0 Å². The first-order chi connectivity index (χ1) is 5.77. The molecule has 0 unspecified atom stereocenters. The van der Waals surface area contributed by atoms with E-state index >= 15 is 0 Å². The summed E-state index contributed by atoms with van der Waals surface area (Å²) in [7, 11) is 0. The molecular weight excluding hydrogens is 162 g/mol. The van der Waals surface area contributed by atoms with Gasteiger partial charge in [0.15, 0.2) is 0 Å². The summed E-state index contributed by atoms with van der Waals surface area (Å²) in [5.41, 5.74) is -0.164. The molecule has 0 rings (SSSR count). The normalized spacial score (nSPS) is 13.4. The minimum Gasteiger partial charge on any atom is -0.390 e. The van der Waals surface area contributed by atoms with Crippen LogP contribution in [-0.2, 0) is 0 Å². The highest BCUT2D eigenvalue weighted by Gasteiger charge is 2.15. The summed E-state index contributed by atoms with van der Waals surface area (Å²) in [6.07, 6.45) is 2.00. The average molecular weight is 187 g/mol. The largest absolute Gasteiger partial charge is 0.390 e. The lowest BCUT2D eigenvalue weighted by molar-refractivity contribution is 0.0703. The molecule has 0 aliphatic carbocycles. The predicted octanol–water partition coefficient (Wildman–Crippen LogP) is 2.17. The van der Waals surface area contributed by atoms with E-state index in [1.807, 2.05) is 13.8 Å². The van der Waals surface area contributed by atoms with Crippen LogP contribution in [-0.4, -0.2) is 23.8 Å². The summed E-state index contributed by atoms with van der Waals surface area (Å²) in [5, 5.41) is 12.8. The molecule has 2 N–H and O–H groups in total. The van der Waals surface area contributed by atoms with Crippen molar-refractivity contribution in [1.29, 1.82) is 0 Å². The Morgan fingerprint density at radius 2 is 1.69 bits per heavy atom. The Hall–Kier alpha value is -0.0800. The number of hydrogen-bond donors (Lipinski definition) is 2. The fraction of sp³-hybridized carbons (Fsp3) is 1.00. The third-order valence-corrected chi connectivity index (χ3v) is 2.47. The van der Waals surface area contributed by atoms with Crippen LogP contribution in [0.1, 0.15) is 47.5 Å².